The SMILES string of the molecule is CO[C@H]1O[C@@H]2CO[C@@H](c3ccccc3)O[C@@H]2[C@H](OS(=O)(=O)c2ccc(C)cc2)[C@H]1NC(=O)c1ccccc1. The summed E-state index contributed by atoms with van der Waals surface area (Å²) >= 11 is 0. The van der Waals surface area contributed by atoms with Gasteiger partial charge in [-0.05, 0) is 31.2 Å². The number of methoxy groups -OCH3 is 1. The Morgan fingerprint density at radius 3 is 2.24 bits per heavy atom. The number of carbonyl (C=O) groups excluding carboxylic acids is 1. The van der Waals surface area contributed by atoms with Gasteiger partial charge in [0, 0.05) is 18.2 Å². The van der Waals surface area contributed by atoms with Crippen LogP contribution in [0.2, 0.25) is 0 Å². The predicted molar refractivity (Wildman–Crippen MR) is 137 cm³/mol. The van der Waals surface area contributed by atoms with E-state index in [1.54, 1.807) is 42.5 Å². The van der Waals surface area contributed by atoms with E-state index in [-0.39, 0.29) is 11.5 Å². The van der Waals surface area contributed by atoms with Crippen LogP contribution in [0.4, 0.5) is 0 Å². The van der Waals surface area contributed by atoms with E-state index in [9.17, 15) is 13.2 Å². The predicted octanol–water partition coefficient (Wildman–Crippen LogP) is 3.35. The largest absolute Gasteiger partial charge is 0.354 e. The van der Waals surface area contributed by atoms with Gasteiger partial charge in [-0.3, -0.25) is 8.98 Å². The van der Waals surface area contributed by atoms with Crippen LogP contribution in [-0.4, -0.2) is 58.7 Å². The molecule has 0 aliphatic carbocycles. The molecule has 0 unspecified atom stereocenters. The summed E-state index contributed by atoms with van der Waals surface area (Å²) in [6, 6.07) is 23.1. The van der Waals surface area contributed by atoms with E-state index in [1.165, 1.54) is 19.2 Å². The van der Waals surface area contributed by atoms with Gasteiger partial charge in [0.1, 0.15) is 24.4 Å². The molecule has 5 rings (SSSR count). The van der Waals surface area contributed by atoms with E-state index >= 15 is 0 Å². The van der Waals surface area contributed by atoms with Crippen molar-refractivity contribution in [3.8, 4) is 0 Å². The molecule has 200 valence electrons. The van der Waals surface area contributed by atoms with Crippen molar-refractivity contribution in [2.75, 3.05) is 13.7 Å². The van der Waals surface area contributed by atoms with E-state index in [2.05, 4.69) is 5.32 Å². The first-order valence-corrected chi connectivity index (χ1v) is 13.6. The zero-order valence-electron chi connectivity index (χ0n) is 20.9. The second-order valence-corrected chi connectivity index (χ2v) is 10.7. The highest BCUT2D eigenvalue weighted by Crippen LogP contribution is 2.37. The minimum Gasteiger partial charge on any atom is -0.354 e. The fourth-order valence-corrected chi connectivity index (χ4v) is 5.65. The van der Waals surface area contributed by atoms with Crippen molar-refractivity contribution in [3.05, 3.63) is 102 Å². The summed E-state index contributed by atoms with van der Waals surface area (Å²) in [7, 11) is -2.85. The molecule has 0 saturated carbocycles. The fraction of sp³-hybridized carbons (Fsp3) is 0.321. The third kappa shape index (κ3) is 5.65. The van der Waals surface area contributed by atoms with Gasteiger partial charge in [-0.15, -0.1) is 0 Å². The average molecular weight is 540 g/mol. The van der Waals surface area contributed by atoms with Crippen LogP contribution in [0.5, 0.6) is 0 Å². The number of nitrogens with one attached hydrogen (secondary N) is 1. The van der Waals surface area contributed by atoms with Crippen molar-refractivity contribution in [2.24, 2.45) is 0 Å². The van der Waals surface area contributed by atoms with Gasteiger partial charge in [0.05, 0.1) is 11.5 Å². The molecule has 2 saturated heterocycles. The molecule has 1 amide bonds. The Kier molecular flexibility index (Phi) is 7.89. The number of hydrogen-bond acceptors (Lipinski definition) is 8. The van der Waals surface area contributed by atoms with Crippen molar-refractivity contribution in [2.45, 2.75) is 48.8 Å². The highest BCUT2D eigenvalue weighted by atomic mass is 32.2. The highest BCUT2D eigenvalue weighted by molar-refractivity contribution is 7.86. The Bertz CT molecular complexity index is 1330. The third-order valence-corrected chi connectivity index (χ3v) is 7.85. The average Bonchev–Trinajstić information content (AvgIpc) is 2.95. The molecule has 38 heavy (non-hydrogen) atoms. The monoisotopic (exact) mass is 539 g/mol. The van der Waals surface area contributed by atoms with Crippen molar-refractivity contribution in [1.29, 1.82) is 0 Å². The number of aryl methyl sites for hydroxylation is 1. The topological polar surface area (TPSA) is 109 Å². The zero-order valence-corrected chi connectivity index (χ0v) is 21.7. The molecule has 0 radical (unpaired) electrons. The molecular weight excluding hydrogens is 510 g/mol. The minimum atomic E-state index is -4.26. The summed E-state index contributed by atoms with van der Waals surface area (Å²) < 4.78 is 56.5. The Morgan fingerprint density at radius 1 is 0.921 bits per heavy atom. The van der Waals surface area contributed by atoms with Gasteiger partial charge in [0.15, 0.2) is 12.6 Å². The molecule has 3 aromatic carbocycles. The minimum absolute atomic E-state index is 0.0140. The van der Waals surface area contributed by atoms with Crippen LogP contribution < -0.4 is 5.32 Å². The van der Waals surface area contributed by atoms with Gasteiger partial charge in [-0.25, -0.2) is 0 Å². The molecule has 2 aliphatic rings. The first-order valence-electron chi connectivity index (χ1n) is 12.2. The summed E-state index contributed by atoms with van der Waals surface area (Å²) in [5, 5.41) is 2.86. The lowest BCUT2D eigenvalue weighted by Gasteiger charge is -2.48. The molecule has 6 atom stereocenters. The van der Waals surface area contributed by atoms with Gasteiger partial charge < -0.3 is 24.3 Å². The highest BCUT2D eigenvalue weighted by Gasteiger charge is 2.53. The third-order valence-electron chi connectivity index (χ3n) is 6.52. The van der Waals surface area contributed by atoms with Crippen LogP contribution in [0.15, 0.2) is 89.8 Å². The summed E-state index contributed by atoms with van der Waals surface area (Å²) in [5.74, 6) is -0.437. The van der Waals surface area contributed by atoms with Gasteiger partial charge in [-0.1, -0.05) is 66.2 Å². The standard InChI is InChI=1S/C28H29NO8S/c1-18-13-15-21(16-14-18)38(31,32)37-25-23(29-26(30)19-9-5-3-6-10-19)28(33-2)35-22-17-34-27(36-24(22)25)20-11-7-4-8-12-20/h3-16,22-25,27-28H,17H2,1-2H3,(H,29,30)/t22-,23-,24+,25-,27-,28+/m1/s1. The Hall–Kier alpha value is -3.12. The van der Waals surface area contributed by atoms with Crippen molar-refractivity contribution >= 4 is 16.0 Å². The van der Waals surface area contributed by atoms with Crippen LogP contribution in [0.1, 0.15) is 27.8 Å². The number of amides is 1. The molecule has 2 heterocycles. The van der Waals surface area contributed by atoms with E-state index in [1.807, 2.05) is 37.3 Å². The van der Waals surface area contributed by atoms with Gasteiger partial charge in [-0.2, -0.15) is 8.42 Å². The molecule has 3 aromatic rings. The molecular formula is C28H29NO8S. The van der Waals surface area contributed by atoms with Crippen LogP contribution >= 0.6 is 0 Å². The number of fused-ring (bicyclic) bond motifs is 1. The molecule has 2 aliphatic heterocycles. The van der Waals surface area contributed by atoms with Gasteiger partial charge >= 0.3 is 0 Å². The molecule has 9 nitrogen and oxygen atoms in total. The maximum Gasteiger partial charge on any atom is 0.297 e. The lowest BCUT2D eigenvalue weighted by Crippen LogP contribution is -2.67. The lowest BCUT2D eigenvalue weighted by molar-refractivity contribution is -0.337. The second kappa shape index (κ2) is 11.3. The van der Waals surface area contributed by atoms with Crippen LogP contribution in [-0.2, 0) is 33.2 Å². The van der Waals surface area contributed by atoms with Crippen molar-refractivity contribution < 1.29 is 36.3 Å². The van der Waals surface area contributed by atoms with E-state index in [0.29, 0.717) is 5.56 Å². The molecule has 10 heteroatoms. The molecule has 1 N–H and O–H groups in total. The maximum absolute atomic E-state index is 13.4. The van der Waals surface area contributed by atoms with Crippen molar-refractivity contribution in [3.63, 3.8) is 0 Å². The van der Waals surface area contributed by atoms with E-state index in [0.717, 1.165) is 11.1 Å². The smallest absolute Gasteiger partial charge is 0.297 e. The van der Waals surface area contributed by atoms with E-state index in [4.69, 9.17) is 23.1 Å². The Balaban J connectivity index is 1.50. The molecule has 2 fully saturated rings. The zero-order chi connectivity index (χ0) is 26.7. The maximum atomic E-state index is 13.4. The Morgan fingerprint density at radius 2 is 1.58 bits per heavy atom. The van der Waals surface area contributed by atoms with Crippen LogP contribution in [0.3, 0.4) is 0 Å². The van der Waals surface area contributed by atoms with Crippen LogP contribution in [0.25, 0.3) is 0 Å². The Labute approximate surface area is 221 Å². The fourth-order valence-electron chi connectivity index (χ4n) is 4.55. The number of rotatable bonds is 7. The number of hydrogen-bond donors (Lipinski definition) is 1. The van der Waals surface area contributed by atoms with Gasteiger partial charge in [0.25, 0.3) is 16.0 Å². The number of carbonyl (C=O) groups is 1. The molecule has 0 bridgehead atoms. The normalized spacial score (nSPS) is 27.3. The summed E-state index contributed by atoms with van der Waals surface area (Å²) in [6.45, 7) is 1.96. The number of ether oxygens (including phenoxy) is 4. The molecule has 0 aromatic heterocycles. The first kappa shape index (κ1) is 26.5. The quantitative estimate of drug-likeness (QED) is 0.456. The second-order valence-electron chi connectivity index (χ2n) is 9.15. The van der Waals surface area contributed by atoms with Gasteiger partial charge in [0.2, 0.25) is 0 Å². The first-order chi connectivity index (χ1) is 18.4. The summed E-state index contributed by atoms with van der Waals surface area (Å²) in [4.78, 5) is 13.1. The summed E-state index contributed by atoms with van der Waals surface area (Å²) in [5.41, 5.74) is 2.05. The molecule has 0 spiro atoms. The lowest BCUT2D eigenvalue weighted by atomic mass is 9.95. The van der Waals surface area contributed by atoms with Crippen molar-refractivity contribution in [1.82, 2.24) is 5.32 Å². The number of benzene rings is 3. The summed E-state index contributed by atoms with van der Waals surface area (Å²) in [6.07, 6.45) is -4.60. The van der Waals surface area contributed by atoms with Crippen LogP contribution in [0, 0.1) is 6.92 Å². The van der Waals surface area contributed by atoms with E-state index < -0.39 is 53.0 Å².